The average Bonchev–Trinajstić information content (AvgIpc) is 3.26. The van der Waals surface area contributed by atoms with Gasteiger partial charge in [0, 0.05) is 6.54 Å². The Hall–Kier alpha value is -3.40. The molecule has 0 saturated heterocycles. The molecule has 1 aliphatic rings. The van der Waals surface area contributed by atoms with Crippen molar-refractivity contribution in [2.75, 3.05) is 33.9 Å². The number of hydrogen-bond acceptors (Lipinski definition) is 5. The van der Waals surface area contributed by atoms with Crippen molar-refractivity contribution in [3.05, 3.63) is 94.8 Å². The summed E-state index contributed by atoms with van der Waals surface area (Å²) < 4.78 is 31.3. The Labute approximate surface area is 206 Å². The lowest BCUT2D eigenvalue weighted by Gasteiger charge is -2.31. The van der Waals surface area contributed by atoms with Crippen LogP contribution in [-0.2, 0) is 16.9 Å². The van der Waals surface area contributed by atoms with Gasteiger partial charge in [0.15, 0.2) is 11.5 Å². The molecular formula is C29H31FN2O3. The van der Waals surface area contributed by atoms with Crippen molar-refractivity contribution in [2.45, 2.75) is 31.5 Å². The first-order chi connectivity index (χ1) is 17.1. The average molecular weight is 475 g/mol. The first-order valence-corrected chi connectivity index (χ1v) is 11.9. The van der Waals surface area contributed by atoms with Crippen molar-refractivity contribution >= 4 is 0 Å². The molecule has 0 saturated carbocycles. The molecule has 0 amide bonds. The predicted octanol–water partition coefficient (Wildman–Crippen LogP) is 5.66. The van der Waals surface area contributed by atoms with E-state index in [0.29, 0.717) is 18.8 Å². The Balaban J connectivity index is 1.35. The largest absolute Gasteiger partial charge is 0.493 e. The maximum Gasteiger partial charge on any atom is 0.161 e. The third-order valence-corrected chi connectivity index (χ3v) is 6.53. The van der Waals surface area contributed by atoms with Gasteiger partial charge in [-0.2, -0.15) is 5.26 Å². The van der Waals surface area contributed by atoms with Crippen LogP contribution >= 0.6 is 0 Å². The second-order valence-electron chi connectivity index (χ2n) is 8.87. The summed E-state index contributed by atoms with van der Waals surface area (Å²) in [5.74, 6) is 1.23. The standard InChI is InChI=1S/C29H31FN2O3/c1-32(17-6-18-34-28-8-4-3-7-27(28)33-2)16-5-15-29(24-10-12-25(30)13-11-24)26-14-9-22(20-31)19-23(26)21-35-29/h3-4,7-14,19H,5-6,15-18,21H2,1-2H3. The molecule has 0 spiro atoms. The van der Waals surface area contributed by atoms with Crippen LogP contribution < -0.4 is 9.47 Å². The quantitative estimate of drug-likeness (QED) is 0.336. The molecule has 0 aliphatic carbocycles. The van der Waals surface area contributed by atoms with Crippen LogP contribution in [0.15, 0.2) is 66.7 Å². The van der Waals surface area contributed by atoms with Crippen LogP contribution in [-0.4, -0.2) is 38.8 Å². The number of hydrogen-bond donors (Lipinski definition) is 0. The fourth-order valence-corrected chi connectivity index (χ4v) is 4.73. The lowest BCUT2D eigenvalue weighted by Crippen LogP contribution is -2.30. The maximum atomic E-state index is 13.6. The third kappa shape index (κ3) is 5.64. The number of rotatable bonds is 11. The van der Waals surface area contributed by atoms with Gasteiger partial charge in [0.2, 0.25) is 0 Å². The van der Waals surface area contributed by atoms with Crippen molar-refractivity contribution in [2.24, 2.45) is 0 Å². The minimum atomic E-state index is -0.634. The molecule has 5 nitrogen and oxygen atoms in total. The van der Waals surface area contributed by atoms with Crippen molar-refractivity contribution < 1.29 is 18.6 Å². The maximum absolute atomic E-state index is 13.6. The summed E-state index contributed by atoms with van der Waals surface area (Å²) in [4.78, 5) is 2.29. The molecule has 4 rings (SSSR count). The highest BCUT2D eigenvalue weighted by atomic mass is 19.1. The monoisotopic (exact) mass is 474 g/mol. The lowest BCUT2D eigenvalue weighted by molar-refractivity contribution is -0.0143. The lowest BCUT2D eigenvalue weighted by atomic mass is 9.81. The minimum Gasteiger partial charge on any atom is -0.493 e. The number of nitriles is 1. The normalized spacial score (nSPS) is 16.7. The van der Waals surface area contributed by atoms with Crippen LogP contribution in [0.5, 0.6) is 11.5 Å². The van der Waals surface area contributed by atoms with Gasteiger partial charge < -0.3 is 19.1 Å². The topological polar surface area (TPSA) is 54.7 Å². The summed E-state index contributed by atoms with van der Waals surface area (Å²) in [5, 5.41) is 9.28. The molecule has 0 aromatic heterocycles. The molecule has 0 radical (unpaired) electrons. The van der Waals surface area contributed by atoms with Gasteiger partial charge in [-0.1, -0.05) is 30.3 Å². The van der Waals surface area contributed by atoms with Gasteiger partial charge in [-0.15, -0.1) is 0 Å². The van der Waals surface area contributed by atoms with Gasteiger partial charge in [-0.3, -0.25) is 0 Å². The predicted molar refractivity (Wildman–Crippen MR) is 133 cm³/mol. The summed E-state index contributed by atoms with van der Waals surface area (Å²) in [5.41, 5.74) is 3.02. The van der Waals surface area contributed by atoms with Gasteiger partial charge in [0.05, 0.1) is 32.0 Å². The Morgan fingerprint density at radius 2 is 1.77 bits per heavy atom. The highest BCUT2D eigenvalue weighted by Crippen LogP contribution is 2.45. The van der Waals surface area contributed by atoms with Gasteiger partial charge in [-0.25, -0.2) is 4.39 Å². The van der Waals surface area contributed by atoms with E-state index in [2.05, 4.69) is 18.0 Å². The molecule has 35 heavy (non-hydrogen) atoms. The van der Waals surface area contributed by atoms with Crippen molar-refractivity contribution in [3.63, 3.8) is 0 Å². The van der Waals surface area contributed by atoms with Crippen LogP contribution in [0.25, 0.3) is 0 Å². The molecule has 1 aliphatic heterocycles. The highest BCUT2D eigenvalue weighted by molar-refractivity contribution is 5.48. The zero-order valence-electron chi connectivity index (χ0n) is 20.3. The smallest absolute Gasteiger partial charge is 0.161 e. The Kier molecular flexibility index (Phi) is 8.02. The summed E-state index contributed by atoms with van der Waals surface area (Å²) >= 11 is 0. The SMILES string of the molecule is COc1ccccc1OCCCN(C)CCCC1(c2ccc(F)cc2)OCc2cc(C#N)ccc21. The van der Waals surface area contributed by atoms with E-state index in [4.69, 9.17) is 14.2 Å². The van der Waals surface area contributed by atoms with E-state index in [9.17, 15) is 9.65 Å². The van der Waals surface area contributed by atoms with Crippen molar-refractivity contribution in [1.82, 2.24) is 4.90 Å². The first-order valence-electron chi connectivity index (χ1n) is 11.9. The van der Waals surface area contributed by atoms with Crippen LogP contribution in [0, 0.1) is 17.1 Å². The molecule has 3 aromatic carbocycles. The highest BCUT2D eigenvalue weighted by Gasteiger charge is 2.41. The van der Waals surface area contributed by atoms with Gasteiger partial charge in [0.25, 0.3) is 0 Å². The third-order valence-electron chi connectivity index (χ3n) is 6.53. The van der Waals surface area contributed by atoms with Gasteiger partial charge in [-0.05, 0) is 85.9 Å². The summed E-state index contributed by atoms with van der Waals surface area (Å²) in [6, 6.07) is 22.2. The summed E-state index contributed by atoms with van der Waals surface area (Å²) in [7, 11) is 3.75. The zero-order valence-corrected chi connectivity index (χ0v) is 20.3. The van der Waals surface area contributed by atoms with Crippen LogP contribution in [0.3, 0.4) is 0 Å². The van der Waals surface area contributed by atoms with Crippen molar-refractivity contribution in [3.8, 4) is 17.6 Å². The number of halogens is 1. The molecule has 0 bridgehead atoms. The molecular weight excluding hydrogens is 443 g/mol. The van der Waals surface area contributed by atoms with E-state index in [1.54, 1.807) is 7.11 Å². The number of benzene rings is 3. The Morgan fingerprint density at radius 1 is 1.03 bits per heavy atom. The molecule has 1 unspecified atom stereocenters. The van der Waals surface area contributed by atoms with Gasteiger partial charge >= 0.3 is 0 Å². The number of nitrogens with zero attached hydrogens (tertiary/aromatic N) is 2. The molecule has 1 heterocycles. The number of ether oxygens (including phenoxy) is 3. The van der Waals surface area contributed by atoms with Crippen LogP contribution in [0.4, 0.5) is 4.39 Å². The molecule has 3 aromatic rings. The van der Waals surface area contributed by atoms with Gasteiger partial charge in [0.1, 0.15) is 11.4 Å². The molecule has 0 N–H and O–H groups in total. The summed E-state index contributed by atoms with van der Waals surface area (Å²) in [6.07, 6.45) is 2.56. The van der Waals surface area contributed by atoms with E-state index in [-0.39, 0.29) is 5.82 Å². The molecule has 182 valence electrons. The number of fused-ring (bicyclic) bond motifs is 1. The number of methoxy groups -OCH3 is 1. The molecule has 1 atom stereocenters. The van der Waals surface area contributed by atoms with E-state index in [1.165, 1.54) is 12.1 Å². The van der Waals surface area contributed by atoms with Crippen LogP contribution in [0.1, 0.15) is 41.5 Å². The first kappa shape index (κ1) is 24.7. The Morgan fingerprint density at radius 3 is 2.51 bits per heavy atom. The van der Waals surface area contributed by atoms with E-state index in [0.717, 1.165) is 60.5 Å². The van der Waals surface area contributed by atoms with E-state index < -0.39 is 5.60 Å². The molecule has 6 heteroatoms. The molecule has 0 fully saturated rings. The zero-order chi connectivity index (χ0) is 24.7. The second-order valence-corrected chi connectivity index (χ2v) is 8.87. The Bertz CT molecular complexity index is 1180. The second kappa shape index (κ2) is 11.4. The fourth-order valence-electron chi connectivity index (χ4n) is 4.73. The van der Waals surface area contributed by atoms with E-state index >= 15 is 0 Å². The number of para-hydroxylation sites is 2. The van der Waals surface area contributed by atoms with Crippen LogP contribution in [0.2, 0.25) is 0 Å². The summed E-state index contributed by atoms with van der Waals surface area (Å²) in [6.45, 7) is 2.86. The fraction of sp³-hybridized carbons (Fsp3) is 0.345. The minimum absolute atomic E-state index is 0.267. The van der Waals surface area contributed by atoms with Crippen molar-refractivity contribution in [1.29, 1.82) is 5.26 Å². The van der Waals surface area contributed by atoms with E-state index in [1.807, 2.05) is 54.6 Å².